The molecule has 2 aromatic rings. The number of aromatic nitrogens is 4. The number of aryl methyl sites for hydroxylation is 1. The molecule has 2 rings (SSSR count). The smallest absolute Gasteiger partial charge is 0.176 e. The van der Waals surface area contributed by atoms with Crippen molar-refractivity contribution in [3.63, 3.8) is 0 Å². The molecule has 0 aliphatic rings. The van der Waals surface area contributed by atoms with Crippen molar-refractivity contribution >= 4 is 23.2 Å². The third-order valence-electron chi connectivity index (χ3n) is 2.48. The number of hydrazine groups is 1. The highest BCUT2D eigenvalue weighted by Gasteiger charge is 2.14. The van der Waals surface area contributed by atoms with E-state index in [2.05, 4.69) is 20.8 Å². The molecule has 1 atom stereocenters. The Morgan fingerprint density at radius 1 is 1.39 bits per heavy atom. The normalized spacial score (nSPS) is 12.7. The largest absolute Gasteiger partial charge is 0.271 e. The average molecular weight is 287 g/mol. The zero-order chi connectivity index (χ0) is 13.1. The van der Waals surface area contributed by atoms with Crippen LogP contribution >= 0.6 is 23.2 Å². The van der Waals surface area contributed by atoms with Crippen LogP contribution in [0.2, 0.25) is 10.0 Å². The highest BCUT2D eigenvalue weighted by molar-refractivity contribution is 6.42. The van der Waals surface area contributed by atoms with Crippen LogP contribution in [0.1, 0.15) is 17.4 Å². The minimum absolute atomic E-state index is 0.149. The van der Waals surface area contributed by atoms with E-state index in [-0.39, 0.29) is 6.04 Å². The molecule has 0 amide bonds. The van der Waals surface area contributed by atoms with Crippen molar-refractivity contribution in [1.82, 2.24) is 25.6 Å². The molecule has 1 aromatic carbocycles. The molecule has 1 heterocycles. The second kappa shape index (κ2) is 5.62. The predicted molar refractivity (Wildman–Crippen MR) is 69.0 cm³/mol. The van der Waals surface area contributed by atoms with Crippen LogP contribution in [-0.4, -0.2) is 20.2 Å². The first-order valence-corrected chi connectivity index (χ1v) is 5.99. The number of tetrazole rings is 1. The minimum Gasteiger partial charge on any atom is -0.271 e. The van der Waals surface area contributed by atoms with Crippen LogP contribution in [0.4, 0.5) is 0 Å². The number of nitrogens with two attached hydrogens (primary N) is 1. The molecule has 0 fully saturated rings. The van der Waals surface area contributed by atoms with E-state index >= 15 is 0 Å². The van der Waals surface area contributed by atoms with Gasteiger partial charge >= 0.3 is 0 Å². The molecule has 18 heavy (non-hydrogen) atoms. The fraction of sp³-hybridized carbons (Fsp3) is 0.300. The summed E-state index contributed by atoms with van der Waals surface area (Å²) in [7, 11) is 1.71. The Morgan fingerprint density at radius 3 is 2.72 bits per heavy atom. The number of halogens is 2. The molecule has 0 aliphatic carbocycles. The van der Waals surface area contributed by atoms with Crippen molar-refractivity contribution in [2.75, 3.05) is 0 Å². The number of hydrogen-bond donors (Lipinski definition) is 2. The number of rotatable bonds is 4. The first-order chi connectivity index (χ1) is 8.60. The molecule has 0 radical (unpaired) electrons. The van der Waals surface area contributed by atoms with E-state index in [1.54, 1.807) is 19.2 Å². The summed E-state index contributed by atoms with van der Waals surface area (Å²) in [6, 6.07) is 5.21. The Hall–Kier alpha value is -1.21. The molecule has 0 saturated carbocycles. The van der Waals surface area contributed by atoms with E-state index in [0.717, 1.165) is 5.56 Å². The van der Waals surface area contributed by atoms with Crippen LogP contribution in [0.25, 0.3) is 0 Å². The van der Waals surface area contributed by atoms with Gasteiger partial charge in [0.05, 0.1) is 23.1 Å². The second-order valence-corrected chi connectivity index (χ2v) is 4.61. The molecule has 8 heteroatoms. The average Bonchev–Trinajstić information content (AvgIpc) is 2.75. The first kappa shape index (κ1) is 13.2. The van der Waals surface area contributed by atoms with Crippen molar-refractivity contribution in [3.8, 4) is 0 Å². The summed E-state index contributed by atoms with van der Waals surface area (Å²) in [4.78, 5) is 1.40. The lowest BCUT2D eigenvalue weighted by atomic mass is 10.0. The van der Waals surface area contributed by atoms with Crippen LogP contribution in [0, 0.1) is 0 Å². The van der Waals surface area contributed by atoms with E-state index in [9.17, 15) is 0 Å². The van der Waals surface area contributed by atoms with E-state index in [4.69, 9.17) is 29.0 Å². The third kappa shape index (κ3) is 2.97. The summed E-state index contributed by atoms with van der Waals surface area (Å²) in [6.07, 6.45) is 0.516. The Bertz CT molecular complexity index is 541. The minimum atomic E-state index is -0.149. The summed E-state index contributed by atoms with van der Waals surface area (Å²) in [5.74, 6) is 6.14. The third-order valence-corrected chi connectivity index (χ3v) is 3.22. The van der Waals surface area contributed by atoms with Crippen molar-refractivity contribution in [2.24, 2.45) is 12.9 Å². The molecule has 0 spiro atoms. The van der Waals surface area contributed by atoms with E-state index in [0.29, 0.717) is 22.3 Å². The van der Waals surface area contributed by atoms with Crippen LogP contribution < -0.4 is 11.3 Å². The van der Waals surface area contributed by atoms with Gasteiger partial charge in [0.1, 0.15) is 0 Å². The molecule has 0 bridgehead atoms. The number of benzene rings is 1. The predicted octanol–water partition coefficient (Wildman–Crippen LogP) is 1.26. The lowest BCUT2D eigenvalue weighted by molar-refractivity contribution is 0.536. The maximum Gasteiger partial charge on any atom is 0.176 e. The van der Waals surface area contributed by atoms with Gasteiger partial charge in [-0.05, 0) is 22.9 Å². The fourth-order valence-electron chi connectivity index (χ4n) is 1.59. The van der Waals surface area contributed by atoms with Gasteiger partial charge in [-0.1, -0.05) is 29.3 Å². The highest BCUT2D eigenvalue weighted by atomic mass is 35.5. The number of hydrogen-bond acceptors (Lipinski definition) is 5. The van der Waals surface area contributed by atoms with Gasteiger partial charge in [0.2, 0.25) is 0 Å². The van der Waals surface area contributed by atoms with Crippen molar-refractivity contribution < 1.29 is 0 Å². The summed E-state index contributed by atoms with van der Waals surface area (Å²) >= 11 is 11.8. The summed E-state index contributed by atoms with van der Waals surface area (Å²) in [5, 5.41) is 12.8. The zero-order valence-electron chi connectivity index (χ0n) is 9.64. The quantitative estimate of drug-likeness (QED) is 0.653. The number of nitrogens with zero attached hydrogens (tertiary/aromatic N) is 4. The Morgan fingerprint density at radius 2 is 2.17 bits per heavy atom. The fourth-order valence-corrected chi connectivity index (χ4v) is 1.90. The van der Waals surface area contributed by atoms with Crippen molar-refractivity contribution in [1.29, 1.82) is 0 Å². The zero-order valence-corrected chi connectivity index (χ0v) is 11.2. The first-order valence-electron chi connectivity index (χ1n) is 5.24. The van der Waals surface area contributed by atoms with Gasteiger partial charge in [-0.15, -0.1) is 10.2 Å². The lowest BCUT2D eigenvalue weighted by Gasteiger charge is -2.14. The van der Waals surface area contributed by atoms with Gasteiger partial charge in [0.25, 0.3) is 0 Å². The van der Waals surface area contributed by atoms with Gasteiger partial charge < -0.3 is 0 Å². The van der Waals surface area contributed by atoms with E-state index < -0.39 is 0 Å². The van der Waals surface area contributed by atoms with Crippen LogP contribution in [0.3, 0.4) is 0 Å². The Balaban J connectivity index is 2.19. The summed E-state index contributed by atoms with van der Waals surface area (Å²) in [5.41, 5.74) is 3.62. The SMILES string of the molecule is Cn1nnc(CC(NN)c2ccc(Cl)c(Cl)c2)n1. The molecule has 1 unspecified atom stereocenters. The van der Waals surface area contributed by atoms with Crippen LogP contribution in [0.5, 0.6) is 0 Å². The van der Waals surface area contributed by atoms with Gasteiger partial charge in [0, 0.05) is 6.42 Å². The summed E-state index contributed by atoms with van der Waals surface area (Å²) < 4.78 is 0. The van der Waals surface area contributed by atoms with E-state index in [1.807, 2.05) is 6.07 Å². The standard InChI is InChI=1S/C10H12Cl2N6/c1-18-16-10(15-17-18)5-9(14-13)6-2-3-7(11)8(12)4-6/h2-4,9,14H,5,13H2,1H3. The molecule has 3 N–H and O–H groups in total. The molecule has 0 aliphatic heterocycles. The molecule has 6 nitrogen and oxygen atoms in total. The van der Waals surface area contributed by atoms with Crippen molar-refractivity contribution in [3.05, 3.63) is 39.6 Å². The van der Waals surface area contributed by atoms with Crippen LogP contribution in [-0.2, 0) is 13.5 Å². The maximum absolute atomic E-state index is 5.97. The molecule has 96 valence electrons. The molecule has 1 aromatic heterocycles. The Kier molecular flexibility index (Phi) is 4.13. The molecule has 0 saturated heterocycles. The Labute approximate surface area is 114 Å². The van der Waals surface area contributed by atoms with Gasteiger partial charge in [0.15, 0.2) is 5.82 Å². The lowest BCUT2D eigenvalue weighted by Crippen LogP contribution is -2.30. The van der Waals surface area contributed by atoms with E-state index in [1.165, 1.54) is 4.80 Å². The molecular formula is C10H12Cl2N6. The molecular weight excluding hydrogens is 275 g/mol. The monoisotopic (exact) mass is 286 g/mol. The second-order valence-electron chi connectivity index (χ2n) is 3.79. The van der Waals surface area contributed by atoms with Crippen molar-refractivity contribution in [2.45, 2.75) is 12.5 Å². The highest BCUT2D eigenvalue weighted by Crippen LogP contribution is 2.26. The van der Waals surface area contributed by atoms with Gasteiger partial charge in [-0.25, -0.2) is 0 Å². The number of nitrogens with one attached hydrogen (secondary N) is 1. The maximum atomic E-state index is 5.97. The topological polar surface area (TPSA) is 81.7 Å². The summed E-state index contributed by atoms with van der Waals surface area (Å²) in [6.45, 7) is 0. The van der Waals surface area contributed by atoms with Crippen LogP contribution in [0.15, 0.2) is 18.2 Å². The van der Waals surface area contributed by atoms with Gasteiger partial charge in [-0.3, -0.25) is 11.3 Å². The van der Waals surface area contributed by atoms with Gasteiger partial charge in [-0.2, -0.15) is 4.80 Å².